The first-order chi connectivity index (χ1) is 11.1. The molecule has 1 fully saturated rings. The third-order valence-electron chi connectivity index (χ3n) is 3.83. The Morgan fingerprint density at radius 3 is 2.78 bits per heavy atom. The fourth-order valence-corrected chi connectivity index (χ4v) is 3.36. The van der Waals surface area contributed by atoms with E-state index in [4.69, 9.17) is 0 Å². The highest BCUT2D eigenvalue weighted by Crippen LogP contribution is 2.34. The largest absolute Gasteiger partial charge is 0.312 e. The first kappa shape index (κ1) is 15.6. The number of aromatic nitrogens is 2. The molecule has 0 spiro atoms. The quantitative estimate of drug-likeness (QED) is 0.935. The number of anilines is 2. The van der Waals surface area contributed by atoms with Crippen molar-refractivity contribution in [2.24, 2.45) is 0 Å². The second kappa shape index (κ2) is 6.45. The number of amides is 2. The van der Waals surface area contributed by atoms with Crippen molar-refractivity contribution in [3.63, 3.8) is 0 Å². The molecular weight excluding hydrogens is 312 g/mol. The van der Waals surface area contributed by atoms with Gasteiger partial charge in [-0.3, -0.25) is 9.59 Å². The molecule has 2 heterocycles. The molecule has 7 heteroatoms. The molecule has 0 saturated carbocycles. The Hall–Kier alpha value is -2.28. The normalized spacial score (nSPS) is 17.6. The molecule has 0 unspecified atom stereocenters. The summed E-state index contributed by atoms with van der Waals surface area (Å²) in [4.78, 5) is 25.5. The first-order valence-electron chi connectivity index (χ1n) is 7.57. The van der Waals surface area contributed by atoms with Gasteiger partial charge in [-0.15, -0.1) is 10.2 Å². The van der Waals surface area contributed by atoms with E-state index in [0.717, 1.165) is 16.3 Å². The van der Waals surface area contributed by atoms with Gasteiger partial charge < -0.3 is 10.2 Å². The Labute approximate surface area is 138 Å². The third kappa shape index (κ3) is 3.39. The minimum absolute atomic E-state index is 0.0218. The summed E-state index contributed by atoms with van der Waals surface area (Å²) in [6.45, 7) is 4.40. The Bertz CT molecular complexity index is 726. The van der Waals surface area contributed by atoms with Crippen LogP contribution in [0.3, 0.4) is 0 Å². The van der Waals surface area contributed by atoms with Crippen molar-refractivity contribution < 1.29 is 9.59 Å². The van der Waals surface area contributed by atoms with E-state index in [9.17, 15) is 9.59 Å². The summed E-state index contributed by atoms with van der Waals surface area (Å²) in [6.07, 6.45) is 0.822. The van der Waals surface area contributed by atoms with Crippen LogP contribution in [0, 0.1) is 6.92 Å². The Morgan fingerprint density at radius 1 is 1.35 bits per heavy atom. The van der Waals surface area contributed by atoms with E-state index >= 15 is 0 Å². The van der Waals surface area contributed by atoms with Gasteiger partial charge in [-0.1, -0.05) is 36.0 Å². The van der Waals surface area contributed by atoms with Gasteiger partial charge in [0.2, 0.25) is 16.9 Å². The van der Waals surface area contributed by atoms with E-state index in [0.29, 0.717) is 24.5 Å². The van der Waals surface area contributed by atoms with Crippen LogP contribution in [-0.4, -0.2) is 28.6 Å². The van der Waals surface area contributed by atoms with E-state index in [1.165, 1.54) is 11.3 Å². The predicted octanol–water partition coefficient (Wildman–Crippen LogP) is 2.72. The fourth-order valence-electron chi connectivity index (χ4n) is 2.50. The van der Waals surface area contributed by atoms with E-state index in [2.05, 4.69) is 15.5 Å². The Balaban J connectivity index is 1.72. The molecule has 1 aliphatic heterocycles. The molecule has 6 nitrogen and oxygen atoms in total. The van der Waals surface area contributed by atoms with Crippen LogP contribution in [0.4, 0.5) is 10.8 Å². The molecular formula is C16H18N4O2S. The highest BCUT2D eigenvalue weighted by Gasteiger charge is 2.33. The van der Waals surface area contributed by atoms with E-state index in [-0.39, 0.29) is 17.7 Å². The lowest BCUT2D eigenvalue weighted by atomic mass is 10.1. The molecule has 0 radical (unpaired) electrons. The molecule has 1 N–H and O–H groups in total. The zero-order valence-electron chi connectivity index (χ0n) is 13.1. The number of benzene rings is 1. The van der Waals surface area contributed by atoms with Crippen LogP contribution in [0.1, 0.15) is 36.3 Å². The molecule has 0 aliphatic carbocycles. The minimum atomic E-state index is -0.0866. The Morgan fingerprint density at radius 2 is 2.09 bits per heavy atom. The molecule has 1 aliphatic rings. The second-order valence-electron chi connectivity index (χ2n) is 5.59. The monoisotopic (exact) mass is 330 g/mol. The average molecular weight is 330 g/mol. The van der Waals surface area contributed by atoms with Crippen LogP contribution in [0.25, 0.3) is 0 Å². The van der Waals surface area contributed by atoms with Crippen LogP contribution in [0.15, 0.2) is 24.3 Å². The van der Waals surface area contributed by atoms with Gasteiger partial charge >= 0.3 is 0 Å². The van der Waals surface area contributed by atoms with Gasteiger partial charge in [0.15, 0.2) is 0 Å². The summed E-state index contributed by atoms with van der Waals surface area (Å²) in [5.41, 5.74) is 2.07. The number of nitrogens with zero attached hydrogens (tertiary/aromatic N) is 3. The van der Waals surface area contributed by atoms with Crippen molar-refractivity contribution in [1.29, 1.82) is 0 Å². The standard InChI is InChI=1S/C16H18N4O2S/c1-3-13(21)17-16-19-18-15(23-16)11-8-14(22)20(9-11)12-6-4-10(2)5-7-12/h4-7,11H,3,8-9H2,1-2H3,(H,17,19,21)/t11-/m1/s1. The zero-order valence-corrected chi connectivity index (χ0v) is 13.9. The molecule has 1 aromatic carbocycles. The van der Waals surface area contributed by atoms with Gasteiger partial charge in [-0.2, -0.15) is 0 Å². The number of rotatable bonds is 4. The first-order valence-corrected chi connectivity index (χ1v) is 8.38. The zero-order chi connectivity index (χ0) is 16.4. The van der Waals surface area contributed by atoms with E-state index in [1.807, 2.05) is 31.2 Å². The topological polar surface area (TPSA) is 75.2 Å². The molecule has 23 heavy (non-hydrogen) atoms. The third-order valence-corrected chi connectivity index (χ3v) is 4.83. The lowest BCUT2D eigenvalue weighted by Gasteiger charge is -2.16. The van der Waals surface area contributed by atoms with Crippen molar-refractivity contribution in [1.82, 2.24) is 10.2 Å². The van der Waals surface area contributed by atoms with Crippen molar-refractivity contribution in [3.05, 3.63) is 34.8 Å². The minimum Gasteiger partial charge on any atom is -0.312 e. The van der Waals surface area contributed by atoms with Gasteiger partial charge in [0.25, 0.3) is 0 Å². The maximum absolute atomic E-state index is 12.3. The van der Waals surface area contributed by atoms with Gasteiger partial charge in [-0.25, -0.2) is 0 Å². The number of hydrogen-bond acceptors (Lipinski definition) is 5. The maximum Gasteiger partial charge on any atom is 0.227 e. The molecule has 1 saturated heterocycles. The van der Waals surface area contributed by atoms with E-state index < -0.39 is 0 Å². The van der Waals surface area contributed by atoms with Crippen LogP contribution in [-0.2, 0) is 9.59 Å². The van der Waals surface area contributed by atoms with Gasteiger partial charge in [0.05, 0.1) is 0 Å². The molecule has 2 amide bonds. The highest BCUT2D eigenvalue weighted by molar-refractivity contribution is 7.15. The predicted molar refractivity (Wildman–Crippen MR) is 89.7 cm³/mol. The summed E-state index contributed by atoms with van der Waals surface area (Å²) >= 11 is 1.34. The summed E-state index contributed by atoms with van der Waals surface area (Å²) in [7, 11) is 0. The van der Waals surface area contributed by atoms with Crippen molar-refractivity contribution in [2.45, 2.75) is 32.6 Å². The summed E-state index contributed by atoms with van der Waals surface area (Å²) in [6, 6.07) is 7.92. The molecule has 1 atom stereocenters. The van der Waals surface area contributed by atoms with Crippen molar-refractivity contribution in [3.8, 4) is 0 Å². The van der Waals surface area contributed by atoms with Crippen LogP contribution in [0.5, 0.6) is 0 Å². The second-order valence-corrected chi connectivity index (χ2v) is 6.60. The van der Waals surface area contributed by atoms with Crippen LogP contribution >= 0.6 is 11.3 Å². The van der Waals surface area contributed by atoms with Crippen molar-refractivity contribution >= 4 is 34.0 Å². The molecule has 0 bridgehead atoms. The number of carbonyl (C=O) groups is 2. The summed E-state index contributed by atoms with van der Waals surface area (Å²) in [5.74, 6) is 0.0262. The SMILES string of the molecule is CCC(=O)Nc1nnc([C@@H]2CC(=O)N(c3ccc(C)cc3)C2)s1. The van der Waals surface area contributed by atoms with Crippen LogP contribution in [0.2, 0.25) is 0 Å². The van der Waals surface area contributed by atoms with Gasteiger partial charge in [0, 0.05) is 31.0 Å². The number of nitrogens with one attached hydrogen (secondary N) is 1. The molecule has 2 aromatic rings. The fraction of sp³-hybridized carbons (Fsp3) is 0.375. The van der Waals surface area contributed by atoms with Gasteiger partial charge in [-0.05, 0) is 19.1 Å². The van der Waals surface area contributed by atoms with Crippen LogP contribution < -0.4 is 10.2 Å². The summed E-state index contributed by atoms with van der Waals surface area (Å²) < 4.78 is 0. The maximum atomic E-state index is 12.3. The molecule has 120 valence electrons. The van der Waals surface area contributed by atoms with E-state index in [1.54, 1.807) is 11.8 Å². The average Bonchev–Trinajstić information content (AvgIpc) is 3.15. The number of aryl methyl sites for hydroxylation is 1. The van der Waals surface area contributed by atoms with Gasteiger partial charge in [0.1, 0.15) is 5.01 Å². The van der Waals surface area contributed by atoms with Crippen molar-refractivity contribution in [2.75, 3.05) is 16.8 Å². The smallest absolute Gasteiger partial charge is 0.227 e. The molecule has 3 rings (SSSR count). The lowest BCUT2D eigenvalue weighted by Crippen LogP contribution is -2.24. The molecule has 1 aromatic heterocycles. The number of carbonyl (C=O) groups excluding carboxylic acids is 2. The Kier molecular flexibility index (Phi) is 4.38. The highest BCUT2D eigenvalue weighted by atomic mass is 32.1. The lowest BCUT2D eigenvalue weighted by molar-refractivity contribution is -0.117. The number of hydrogen-bond donors (Lipinski definition) is 1. The summed E-state index contributed by atoms with van der Waals surface area (Å²) in [5, 5.41) is 12.1.